The lowest BCUT2D eigenvalue weighted by molar-refractivity contribution is 0.0763. The highest BCUT2D eigenvalue weighted by Gasteiger charge is 2.24. The highest BCUT2D eigenvalue weighted by atomic mass is 32.2. The quantitative estimate of drug-likeness (QED) is 0.528. The highest BCUT2D eigenvalue weighted by Crippen LogP contribution is 2.30. The molecule has 31 heavy (non-hydrogen) atoms. The third-order valence-electron chi connectivity index (χ3n) is 5.90. The van der Waals surface area contributed by atoms with Crippen LogP contribution in [0.25, 0.3) is 10.9 Å². The van der Waals surface area contributed by atoms with Gasteiger partial charge >= 0.3 is 0 Å². The number of hydrogen-bond acceptors (Lipinski definition) is 3. The predicted molar refractivity (Wildman–Crippen MR) is 120 cm³/mol. The molecule has 0 unspecified atom stereocenters. The molecule has 0 saturated heterocycles. The van der Waals surface area contributed by atoms with Crippen molar-refractivity contribution in [2.45, 2.75) is 22.6 Å². The van der Waals surface area contributed by atoms with Crippen LogP contribution in [0.4, 0.5) is 0 Å². The SMILES string of the molecule is O=C(c1ccccc1)N1CCc2[nH]c3ccc(S(=O)(=O)c4ccccc4)cc3c2CC1. The zero-order valence-corrected chi connectivity index (χ0v) is 17.7. The molecule has 0 bridgehead atoms. The average Bonchev–Trinajstić information content (AvgIpc) is 3.03. The normalized spacial score (nSPS) is 14.3. The second-order valence-corrected chi connectivity index (χ2v) is 9.71. The monoisotopic (exact) mass is 430 g/mol. The van der Waals surface area contributed by atoms with Crippen molar-refractivity contribution in [1.82, 2.24) is 9.88 Å². The number of aromatic nitrogens is 1. The maximum absolute atomic E-state index is 13.1. The van der Waals surface area contributed by atoms with Crippen LogP contribution < -0.4 is 0 Å². The largest absolute Gasteiger partial charge is 0.358 e. The zero-order chi connectivity index (χ0) is 21.4. The van der Waals surface area contributed by atoms with Crippen LogP contribution >= 0.6 is 0 Å². The molecule has 1 aliphatic heterocycles. The van der Waals surface area contributed by atoms with E-state index in [1.807, 2.05) is 41.3 Å². The second-order valence-electron chi connectivity index (χ2n) is 7.76. The van der Waals surface area contributed by atoms with Gasteiger partial charge in [0.15, 0.2) is 0 Å². The Morgan fingerprint density at radius 3 is 2.23 bits per heavy atom. The molecule has 2 heterocycles. The first-order valence-corrected chi connectivity index (χ1v) is 11.8. The minimum absolute atomic E-state index is 0.0300. The fourth-order valence-corrected chi connectivity index (χ4v) is 5.56. The number of carbonyl (C=O) groups excluding carboxylic acids is 1. The number of nitrogens with one attached hydrogen (secondary N) is 1. The van der Waals surface area contributed by atoms with Gasteiger partial charge in [0.05, 0.1) is 9.79 Å². The van der Waals surface area contributed by atoms with Crippen molar-refractivity contribution in [3.8, 4) is 0 Å². The van der Waals surface area contributed by atoms with Gasteiger partial charge in [-0.2, -0.15) is 0 Å². The summed E-state index contributed by atoms with van der Waals surface area (Å²) in [6, 6.07) is 23.1. The van der Waals surface area contributed by atoms with Crippen molar-refractivity contribution in [2.75, 3.05) is 13.1 Å². The van der Waals surface area contributed by atoms with Gasteiger partial charge in [0.2, 0.25) is 9.84 Å². The molecule has 0 radical (unpaired) electrons. The van der Waals surface area contributed by atoms with Crippen LogP contribution in [0.2, 0.25) is 0 Å². The van der Waals surface area contributed by atoms with Crippen molar-refractivity contribution < 1.29 is 13.2 Å². The summed E-state index contributed by atoms with van der Waals surface area (Å²) in [5.74, 6) is 0.0300. The van der Waals surface area contributed by atoms with Crippen LogP contribution in [0.15, 0.2) is 88.7 Å². The van der Waals surface area contributed by atoms with E-state index in [1.165, 1.54) is 0 Å². The molecule has 156 valence electrons. The lowest BCUT2D eigenvalue weighted by Gasteiger charge is -2.20. The Bertz CT molecular complexity index is 1360. The average molecular weight is 431 g/mol. The zero-order valence-electron chi connectivity index (χ0n) is 16.9. The van der Waals surface area contributed by atoms with Crippen molar-refractivity contribution in [3.05, 3.63) is 95.7 Å². The second kappa shape index (κ2) is 7.71. The fraction of sp³-hybridized carbons (Fsp3) is 0.160. The van der Waals surface area contributed by atoms with Crippen molar-refractivity contribution >= 4 is 26.6 Å². The van der Waals surface area contributed by atoms with Crippen LogP contribution in [0.1, 0.15) is 21.6 Å². The summed E-state index contributed by atoms with van der Waals surface area (Å²) in [7, 11) is -3.58. The Balaban J connectivity index is 1.47. The first-order valence-electron chi connectivity index (χ1n) is 10.3. The van der Waals surface area contributed by atoms with Crippen LogP contribution in [-0.4, -0.2) is 37.3 Å². The molecule has 0 fully saturated rings. The van der Waals surface area contributed by atoms with Crippen molar-refractivity contribution in [2.24, 2.45) is 0 Å². The molecule has 1 aromatic heterocycles. The van der Waals surface area contributed by atoms with E-state index in [1.54, 1.807) is 42.5 Å². The van der Waals surface area contributed by atoms with Crippen molar-refractivity contribution in [3.63, 3.8) is 0 Å². The number of aromatic amines is 1. The topological polar surface area (TPSA) is 70.2 Å². The number of nitrogens with zero attached hydrogens (tertiary/aromatic N) is 1. The molecule has 0 atom stereocenters. The molecular weight excluding hydrogens is 408 g/mol. The molecule has 5 rings (SSSR count). The number of hydrogen-bond donors (Lipinski definition) is 1. The molecule has 4 aromatic rings. The van der Waals surface area contributed by atoms with Crippen LogP contribution in [0, 0.1) is 0 Å². The fourth-order valence-electron chi connectivity index (χ4n) is 4.26. The molecular formula is C25H22N2O3S. The van der Waals surface area contributed by atoms with Gasteiger partial charge in [0, 0.05) is 41.7 Å². The van der Waals surface area contributed by atoms with E-state index in [-0.39, 0.29) is 15.7 Å². The summed E-state index contributed by atoms with van der Waals surface area (Å²) in [5.41, 5.74) is 3.80. The van der Waals surface area contributed by atoms with E-state index < -0.39 is 9.84 Å². The van der Waals surface area contributed by atoms with E-state index in [4.69, 9.17) is 0 Å². The van der Waals surface area contributed by atoms with Gasteiger partial charge < -0.3 is 9.88 Å². The van der Waals surface area contributed by atoms with E-state index in [0.717, 1.165) is 22.2 Å². The van der Waals surface area contributed by atoms with Gasteiger partial charge in [-0.25, -0.2) is 8.42 Å². The highest BCUT2D eigenvalue weighted by molar-refractivity contribution is 7.91. The smallest absolute Gasteiger partial charge is 0.253 e. The Hall–Kier alpha value is -3.38. The molecule has 1 aliphatic rings. The standard InChI is InChI=1S/C25H22N2O3S/c28-25(18-7-3-1-4-8-18)27-15-13-21-22-17-20(11-12-23(22)26-24(21)14-16-27)31(29,30)19-9-5-2-6-10-19/h1-12,17,26H,13-16H2. The summed E-state index contributed by atoms with van der Waals surface area (Å²) in [6.45, 7) is 1.23. The van der Waals surface area contributed by atoms with E-state index in [0.29, 0.717) is 31.5 Å². The predicted octanol–water partition coefficient (Wildman–Crippen LogP) is 4.24. The lowest BCUT2D eigenvalue weighted by Crippen LogP contribution is -2.33. The summed E-state index contributed by atoms with van der Waals surface area (Å²) in [5, 5.41) is 0.918. The number of amides is 1. The summed E-state index contributed by atoms with van der Waals surface area (Å²) >= 11 is 0. The Labute approximate surface area is 181 Å². The van der Waals surface area contributed by atoms with Crippen LogP contribution in [0.3, 0.4) is 0 Å². The van der Waals surface area contributed by atoms with E-state index in [9.17, 15) is 13.2 Å². The number of H-pyrrole nitrogens is 1. The number of benzene rings is 3. The maximum Gasteiger partial charge on any atom is 0.253 e. The third kappa shape index (κ3) is 3.53. The first-order chi connectivity index (χ1) is 15.0. The lowest BCUT2D eigenvalue weighted by atomic mass is 10.1. The summed E-state index contributed by atoms with van der Waals surface area (Å²) in [6.07, 6.45) is 1.39. The molecule has 0 saturated carbocycles. The molecule has 6 heteroatoms. The molecule has 0 spiro atoms. The van der Waals surface area contributed by atoms with E-state index in [2.05, 4.69) is 4.98 Å². The maximum atomic E-state index is 13.1. The van der Waals surface area contributed by atoms with Gasteiger partial charge in [-0.15, -0.1) is 0 Å². The Morgan fingerprint density at radius 1 is 0.806 bits per heavy atom. The van der Waals surface area contributed by atoms with Crippen molar-refractivity contribution in [1.29, 1.82) is 0 Å². The van der Waals surface area contributed by atoms with Crippen LogP contribution in [-0.2, 0) is 22.7 Å². The Kier molecular flexibility index (Phi) is 4.87. The number of fused-ring (bicyclic) bond motifs is 3. The van der Waals surface area contributed by atoms with Gasteiger partial charge in [0.25, 0.3) is 5.91 Å². The molecule has 0 aliphatic carbocycles. The van der Waals surface area contributed by atoms with Gasteiger partial charge in [-0.1, -0.05) is 36.4 Å². The Morgan fingerprint density at radius 2 is 1.48 bits per heavy atom. The van der Waals surface area contributed by atoms with Crippen LogP contribution in [0.5, 0.6) is 0 Å². The number of carbonyl (C=O) groups is 1. The molecule has 5 nitrogen and oxygen atoms in total. The molecule has 1 amide bonds. The van der Waals surface area contributed by atoms with Gasteiger partial charge in [-0.3, -0.25) is 4.79 Å². The number of sulfone groups is 1. The minimum Gasteiger partial charge on any atom is -0.358 e. The minimum atomic E-state index is -3.58. The third-order valence-corrected chi connectivity index (χ3v) is 7.67. The summed E-state index contributed by atoms with van der Waals surface area (Å²) in [4.78, 5) is 18.8. The molecule has 1 N–H and O–H groups in total. The first kappa shape index (κ1) is 19.6. The summed E-state index contributed by atoms with van der Waals surface area (Å²) < 4.78 is 26.1. The van der Waals surface area contributed by atoms with Gasteiger partial charge in [0.1, 0.15) is 0 Å². The van der Waals surface area contributed by atoms with Gasteiger partial charge in [-0.05, 0) is 54.4 Å². The molecule has 3 aromatic carbocycles. The van der Waals surface area contributed by atoms with E-state index >= 15 is 0 Å². The number of rotatable bonds is 3.